The average Bonchev–Trinajstić information content (AvgIpc) is 2.80. The van der Waals surface area contributed by atoms with Crippen LogP contribution in [-0.2, 0) is 11.0 Å². The third-order valence-electron chi connectivity index (χ3n) is 3.79. The van der Waals surface area contributed by atoms with Crippen molar-refractivity contribution < 1.29 is 18.0 Å². The summed E-state index contributed by atoms with van der Waals surface area (Å²) >= 11 is 0. The normalized spacial score (nSPS) is 13.9. The second-order valence-corrected chi connectivity index (χ2v) is 6.24. The van der Waals surface area contributed by atoms with Crippen LogP contribution >= 0.6 is 0 Å². The Morgan fingerprint density at radius 2 is 2.00 bits per heavy atom. The molecule has 2 aromatic rings. The number of nitrogens with one attached hydrogen (secondary N) is 1. The highest BCUT2D eigenvalue weighted by atomic mass is 19.4. The lowest BCUT2D eigenvalue weighted by Gasteiger charge is -2.14. The molecule has 0 atom stereocenters. The Bertz CT molecular complexity index is 878. The maximum Gasteiger partial charge on any atom is 0.433 e. The number of allylic oxidation sites excluding steroid dienone is 4. The quantitative estimate of drug-likeness (QED) is 0.878. The number of imidazole rings is 1. The summed E-state index contributed by atoms with van der Waals surface area (Å²) in [5.74, 6) is 0.314. The molecule has 0 unspecified atom stereocenters. The maximum absolute atomic E-state index is 12.9. The van der Waals surface area contributed by atoms with E-state index in [1.165, 1.54) is 10.6 Å². The Kier molecular flexibility index (Phi) is 4.36. The minimum Gasteiger partial charge on any atom is -0.296 e. The fraction of sp³-hybridized carbons (Fsp3) is 0.353. The highest BCUT2D eigenvalue weighted by molar-refractivity contribution is 5.93. The zero-order valence-electron chi connectivity index (χ0n) is 13.8. The van der Waals surface area contributed by atoms with Gasteiger partial charge in [0.25, 0.3) is 0 Å². The van der Waals surface area contributed by atoms with Crippen molar-refractivity contribution in [2.45, 2.75) is 32.9 Å². The zero-order valence-corrected chi connectivity index (χ0v) is 13.8. The van der Waals surface area contributed by atoms with Crippen LogP contribution in [-0.4, -0.2) is 20.4 Å². The molecular formula is C17H17F3N4O. The second kappa shape index (κ2) is 6.34. The van der Waals surface area contributed by atoms with Gasteiger partial charge in [-0.1, -0.05) is 19.9 Å². The minimum absolute atomic E-state index is 0.0598. The van der Waals surface area contributed by atoms with Gasteiger partial charge in [0.05, 0.1) is 5.70 Å². The fourth-order valence-corrected chi connectivity index (χ4v) is 2.38. The number of hydrogen-bond acceptors (Lipinski definition) is 3. The Morgan fingerprint density at radius 3 is 2.56 bits per heavy atom. The van der Waals surface area contributed by atoms with E-state index in [4.69, 9.17) is 0 Å². The van der Waals surface area contributed by atoms with Crippen molar-refractivity contribution >= 4 is 28.7 Å². The molecule has 0 radical (unpaired) electrons. The van der Waals surface area contributed by atoms with Crippen LogP contribution in [0.1, 0.15) is 32.4 Å². The maximum atomic E-state index is 12.9. The Balaban J connectivity index is 1.99. The SMILES string of the molecule is CC(C)CCC(=O)Nc1nc2ccc(C(F)(F)F)nc2n1C1=CC=C1. The van der Waals surface area contributed by atoms with Crippen molar-refractivity contribution in [2.75, 3.05) is 5.32 Å². The summed E-state index contributed by atoms with van der Waals surface area (Å²) < 4.78 is 40.3. The molecule has 0 aliphatic heterocycles. The number of fused-ring (bicyclic) bond motifs is 1. The van der Waals surface area contributed by atoms with E-state index in [-0.39, 0.29) is 23.0 Å². The number of halogens is 3. The van der Waals surface area contributed by atoms with Crippen LogP contribution in [0.25, 0.3) is 16.9 Å². The lowest BCUT2D eigenvalue weighted by molar-refractivity contribution is -0.141. The summed E-state index contributed by atoms with van der Waals surface area (Å²) in [6.45, 7) is 4.02. The summed E-state index contributed by atoms with van der Waals surface area (Å²) in [6, 6.07) is 2.14. The first kappa shape index (κ1) is 17.2. The topological polar surface area (TPSA) is 59.8 Å². The van der Waals surface area contributed by atoms with E-state index >= 15 is 0 Å². The van der Waals surface area contributed by atoms with Crippen LogP contribution < -0.4 is 5.32 Å². The molecule has 1 aliphatic carbocycles. The molecule has 0 saturated heterocycles. The van der Waals surface area contributed by atoms with Gasteiger partial charge < -0.3 is 0 Å². The van der Waals surface area contributed by atoms with Gasteiger partial charge in [-0.2, -0.15) is 13.2 Å². The molecular weight excluding hydrogens is 333 g/mol. The molecule has 0 saturated carbocycles. The summed E-state index contributed by atoms with van der Waals surface area (Å²) in [6.07, 6.45) is 1.66. The zero-order chi connectivity index (χ0) is 18.2. The van der Waals surface area contributed by atoms with Gasteiger partial charge in [0.1, 0.15) is 11.2 Å². The van der Waals surface area contributed by atoms with Crippen molar-refractivity contribution in [3.8, 4) is 0 Å². The lowest BCUT2D eigenvalue weighted by Crippen LogP contribution is -2.16. The number of carbonyl (C=O) groups is 1. The van der Waals surface area contributed by atoms with E-state index in [0.29, 0.717) is 24.5 Å². The number of alkyl halides is 3. The van der Waals surface area contributed by atoms with Gasteiger partial charge in [-0.25, -0.2) is 9.97 Å². The van der Waals surface area contributed by atoms with Crippen LogP contribution in [0.4, 0.5) is 19.1 Å². The van der Waals surface area contributed by atoms with E-state index in [1.54, 1.807) is 18.2 Å². The van der Waals surface area contributed by atoms with Crippen LogP contribution in [0, 0.1) is 5.92 Å². The van der Waals surface area contributed by atoms with E-state index in [9.17, 15) is 18.0 Å². The van der Waals surface area contributed by atoms with Gasteiger partial charge in [0.2, 0.25) is 11.9 Å². The van der Waals surface area contributed by atoms with Gasteiger partial charge in [-0.15, -0.1) is 0 Å². The molecule has 25 heavy (non-hydrogen) atoms. The molecule has 0 spiro atoms. The van der Waals surface area contributed by atoms with E-state index in [1.807, 2.05) is 13.8 Å². The number of aromatic nitrogens is 3. The molecule has 0 aromatic carbocycles. The first-order chi connectivity index (χ1) is 11.8. The van der Waals surface area contributed by atoms with Crippen LogP contribution in [0.2, 0.25) is 0 Å². The van der Waals surface area contributed by atoms with Gasteiger partial charge in [0, 0.05) is 6.42 Å². The minimum atomic E-state index is -4.55. The summed E-state index contributed by atoms with van der Waals surface area (Å²) in [5.41, 5.74) is -0.0332. The third kappa shape index (κ3) is 3.57. The van der Waals surface area contributed by atoms with E-state index < -0.39 is 11.9 Å². The average molecular weight is 350 g/mol. The summed E-state index contributed by atoms with van der Waals surface area (Å²) in [4.78, 5) is 20.0. The number of nitrogens with zero attached hydrogens (tertiary/aromatic N) is 3. The Labute approximate surface area is 142 Å². The van der Waals surface area contributed by atoms with Gasteiger partial charge in [0.15, 0.2) is 5.65 Å². The van der Waals surface area contributed by atoms with Crippen molar-refractivity contribution in [3.63, 3.8) is 0 Å². The number of amides is 1. The largest absolute Gasteiger partial charge is 0.433 e. The molecule has 2 aromatic heterocycles. The summed E-state index contributed by atoms with van der Waals surface area (Å²) in [5, 5.41) is 2.68. The molecule has 5 nitrogen and oxygen atoms in total. The van der Waals surface area contributed by atoms with Crippen molar-refractivity contribution in [2.24, 2.45) is 5.92 Å². The molecule has 2 heterocycles. The molecule has 1 amide bonds. The highest BCUT2D eigenvalue weighted by Crippen LogP contribution is 2.32. The number of pyridine rings is 1. The fourth-order valence-electron chi connectivity index (χ4n) is 2.38. The van der Waals surface area contributed by atoms with Crippen molar-refractivity contribution in [3.05, 3.63) is 36.1 Å². The van der Waals surface area contributed by atoms with Crippen molar-refractivity contribution in [1.29, 1.82) is 0 Å². The Hall–Kier alpha value is -2.64. The lowest BCUT2D eigenvalue weighted by atomic mass is 10.1. The third-order valence-corrected chi connectivity index (χ3v) is 3.79. The number of anilines is 1. The number of carbonyl (C=O) groups excluding carboxylic acids is 1. The van der Waals surface area contributed by atoms with Crippen LogP contribution in [0.15, 0.2) is 30.4 Å². The van der Waals surface area contributed by atoms with Gasteiger partial charge in [-0.3, -0.25) is 14.7 Å². The smallest absolute Gasteiger partial charge is 0.296 e. The first-order valence-corrected chi connectivity index (χ1v) is 7.91. The molecule has 0 fully saturated rings. The molecule has 1 aliphatic rings. The standard InChI is InChI=1S/C17H17F3N4O/c1-10(2)6-9-14(25)23-16-21-12-7-8-13(17(18,19)20)22-15(12)24(16)11-4-3-5-11/h3-5,7-8,10H,6,9H2,1-2H3,(H,21,23,25). The molecule has 0 bridgehead atoms. The number of rotatable bonds is 5. The monoisotopic (exact) mass is 350 g/mol. The predicted octanol–water partition coefficient (Wildman–Crippen LogP) is 4.24. The van der Waals surface area contributed by atoms with Crippen LogP contribution in [0.5, 0.6) is 0 Å². The molecule has 3 rings (SSSR count). The molecule has 132 valence electrons. The van der Waals surface area contributed by atoms with E-state index in [2.05, 4.69) is 15.3 Å². The van der Waals surface area contributed by atoms with Gasteiger partial charge in [-0.05, 0) is 36.6 Å². The Morgan fingerprint density at radius 1 is 1.28 bits per heavy atom. The van der Waals surface area contributed by atoms with Crippen LogP contribution in [0.3, 0.4) is 0 Å². The first-order valence-electron chi connectivity index (χ1n) is 7.91. The highest BCUT2D eigenvalue weighted by Gasteiger charge is 2.33. The van der Waals surface area contributed by atoms with Gasteiger partial charge >= 0.3 is 6.18 Å². The summed E-state index contributed by atoms with van der Waals surface area (Å²) in [7, 11) is 0. The molecule has 1 N–H and O–H groups in total. The predicted molar refractivity (Wildman–Crippen MR) is 88.6 cm³/mol. The number of hydrogen-bond donors (Lipinski definition) is 1. The van der Waals surface area contributed by atoms with Crippen molar-refractivity contribution in [1.82, 2.24) is 14.5 Å². The molecule has 8 heteroatoms. The second-order valence-electron chi connectivity index (χ2n) is 6.24. The van der Waals surface area contributed by atoms with E-state index in [0.717, 1.165) is 6.07 Å².